The van der Waals surface area contributed by atoms with Crippen LogP contribution < -0.4 is 11.1 Å². The summed E-state index contributed by atoms with van der Waals surface area (Å²) in [6, 6.07) is 7.71. The van der Waals surface area contributed by atoms with E-state index in [4.69, 9.17) is 17.3 Å². The second-order valence-electron chi connectivity index (χ2n) is 6.04. The molecule has 7 heteroatoms. The number of aromatic nitrogens is 1. The van der Waals surface area contributed by atoms with E-state index in [1.165, 1.54) is 0 Å². The van der Waals surface area contributed by atoms with Crippen molar-refractivity contribution in [2.24, 2.45) is 10.7 Å². The first kappa shape index (κ1) is 20.2. The van der Waals surface area contributed by atoms with E-state index < -0.39 is 0 Å². The van der Waals surface area contributed by atoms with Crippen LogP contribution in [0.3, 0.4) is 0 Å². The first-order chi connectivity index (χ1) is 10.3. The van der Waals surface area contributed by atoms with Gasteiger partial charge in [0.05, 0.1) is 5.69 Å². The molecule has 0 aliphatic heterocycles. The minimum Gasteiger partial charge on any atom is -0.370 e. The highest BCUT2D eigenvalue weighted by molar-refractivity contribution is 14.0. The molecule has 0 radical (unpaired) electrons. The van der Waals surface area contributed by atoms with Gasteiger partial charge in [-0.2, -0.15) is 0 Å². The smallest absolute Gasteiger partial charge is 0.188 e. The number of thiazole rings is 1. The average molecular weight is 465 g/mol. The van der Waals surface area contributed by atoms with Crippen molar-refractivity contribution in [3.8, 4) is 10.6 Å². The van der Waals surface area contributed by atoms with Crippen molar-refractivity contribution in [3.05, 3.63) is 40.4 Å². The molecule has 3 N–H and O–H groups in total. The molecule has 0 atom stereocenters. The first-order valence-corrected chi connectivity index (χ1v) is 8.38. The summed E-state index contributed by atoms with van der Waals surface area (Å²) in [6.07, 6.45) is 0.774. The van der Waals surface area contributed by atoms with E-state index in [1.807, 2.05) is 45.0 Å². The molecule has 0 bridgehead atoms. The molecule has 1 aromatic carbocycles. The third-order valence-corrected chi connectivity index (χ3v) is 3.99. The molecule has 0 unspecified atom stereocenters. The van der Waals surface area contributed by atoms with E-state index in [2.05, 4.69) is 20.7 Å². The Hall–Kier alpha value is -0.860. The zero-order valence-corrected chi connectivity index (χ0v) is 17.4. The lowest BCUT2D eigenvalue weighted by atomic mass is 10.1. The molecule has 0 saturated heterocycles. The van der Waals surface area contributed by atoms with Gasteiger partial charge in [-0.1, -0.05) is 23.7 Å². The Morgan fingerprint density at radius 3 is 2.57 bits per heavy atom. The first-order valence-electron chi connectivity index (χ1n) is 7.12. The molecule has 126 valence electrons. The molecule has 2 rings (SSSR count). The van der Waals surface area contributed by atoms with Gasteiger partial charge in [-0.15, -0.1) is 35.3 Å². The third kappa shape index (κ3) is 7.05. The van der Waals surface area contributed by atoms with Crippen LogP contribution in [0.1, 0.15) is 26.5 Å². The van der Waals surface area contributed by atoms with Gasteiger partial charge < -0.3 is 11.1 Å². The maximum atomic E-state index is 5.90. The molecule has 0 spiro atoms. The highest BCUT2D eigenvalue weighted by atomic mass is 127. The molecule has 0 amide bonds. The zero-order valence-electron chi connectivity index (χ0n) is 13.5. The van der Waals surface area contributed by atoms with Gasteiger partial charge in [0, 0.05) is 34.5 Å². The Kier molecular flexibility index (Phi) is 7.76. The lowest BCUT2D eigenvalue weighted by molar-refractivity contribution is 0.508. The maximum absolute atomic E-state index is 5.90. The topological polar surface area (TPSA) is 63.3 Å². The van der Waals surface area contributed by atoms with Gasteiger partial charge in [-0.3, -0.25) is 4.99 Å². The molecule has 0 aliphatic rings. The van der Waals surface area contributed by atoms with Crippen LogP contribution >= 0.6 is 46.9 Å². The largest absolute Gasteiger partial charge is 0.370 e. The van der Waals surface area contributed by atoms with E-state index in [0.717, 1.165) is 27.7 Å². The summed E-state index contributed by atoms with van der Waals surface area (Å²) in [4.78, 5) is 8.96. The maximum Gasteiger partial charge on any atom is 0.188 e. The van der Waals surface area contributed by atoms with Crippen LogP contribution in [0.5, 0.6) is 0 Å². The van der Waals surface area contributed by atoms with Crippen LogP contribution in [-0.4, -0.2) is 23.0 Å². The number of nitrogens with two attached hydrogens (primary N) is 1. The molecule has 4 nitrogen and oxygen atoms in total. The summed E-state index contributed by atoms with van der Waals surface area (Å²) >= 11 is 7.53. The normalized spacial score (nSPS) is 11.9. The van der Waals surface area contributed by atoms with Gasteiger partial charge in [-0.25, -0.2) is 4.98 Å². The van der Waals surface area contributed by atoms with E-state index in [9.17, 15) is 0 Å². The molecule has 0 aliphatic carbocycles. The Bertz CT molecular complexity index is 647. The lowest BCUT2D eigenvalue weighted by Crippen LogP contribution is -2.45. The number of nitrogens with one attached hydrogen (secondary N) is 1. The van der Waals surface area contributed by atoms with Crippen molar-refractivity contribution in [1.82, 2.24) is 10.3 Å². The SMILES string of the molecule is CC(C)(C)NC(N)=NCCc1csc(-c2ccc(Cl)cc2)n1.I. The van der Waals surface area contributed by atoms with E-state index in [0.29, 0.717) is 12.5 Å². The molecule has 0 saturated carbocycles. The van der Waals surface area contributed by atoms with E-state index in [1.54, 1.807) is 11.3 Å². The fourth-order valence-corrected chi connectivity index (χ4v) is 2.85. The summed E-state index contributed by atoms with van der Waals surface area (Å²) in [6.45, 7) is 6.77. The molecule has 0 fully saturated rings. The minimum absolute atomic E-state index is 0. The standard InChI is InChI=1S/C16H21ClN4S.HI/c1-16(2,3)21-15(18)19-9-8-13-10-22-14(20-13)11-4-6-12(17)7-5-11;/h4-7,10H,8-9H2,1-3H3,(H3,18,19,21);1H. The highest BCUT2D eigenvalue weighted by Gasteiger charge is 2.09. The molecule has 23 heavy (non-hydrogen) atoms. The fourth-order valence-electron chi connectivity index (χ4n) is 1.86. The van der Waals surface area contributed by atoms with Crippen molar-refractivity contribution in [2.75, 3.05) is 6.54 Å². The van der Waals surface area contributed by atoms with Gasteiger partial charge in [-0.05, 0) is 32.9 Å². The van der Waals surface area contributed by atoms with E-state index >= 15 is 0 Å². The Morgan fingerprint density at radius 2 is 1.96 bits per heavy atom. The number of benzene rings is 1. The van der Waals surface area contributed by atoms with Gasteiger partial charge >= 0.3 is 0 Å². The second-order valence-corrected chi connectivity index (χ2v) is 7.34. The zero-order chi connectivity index (χ0) is 16.2. The number of halogens is 2. The van der Waals surface area contributed by atoms with Crippen molar-refractivity contribution < 1.29 is 0 Å². The summed E-state index contributed by atoms with van der Waals surface area (Å²) < 4.78 is 0. The number of guanidine groups is 1. The van der Waals surface area contributed by atoms with E-state index in [-0.39, 0.29) is 29.5 Å². The van der Waals surface area contributed by atoms with Crippen LogP contribution in [0, 0.1) is 0 Å². The third-order valence-electron chi connectivity index (χ3n) is 2.80. The predicted molar refractivity (Wildman–Crippen MR) is 111 cm³/mol. The Morgan fingerprint density at radius 1 is 1.30 bits per heavy atom. The van der Waals surface area contributed by atoms with Gasteiger partial charge in [0.1, 0.15) is 5.01 Å². The minimum atomic E-state index is -0.0734. The summed E-state index contributed by atoms with van der Waals surface area (Å²) in [5, 5.41) is 6.93. The van der Waals surface area contributed by atoms with Crippen molar-refractivity contribution in [2.45, 2.75) is 32.7 Å². The molecular weight excluding hydrogens is 443 g/mol. The monoisotopic (exact) mass is 464 g/mol. The quantitative estimate of drug-likeness (QED) is 0.402. The second kappa shape index (κ2) is 8.84. The molecular formula is C16H22ClIN4S. The average Bonchev–Trinajstić information content (AvgIpc) is 2.86. The predicted octanol–water partition coefficient (Wildman–Crippen LogP) is 4.33. The number of hydrogen-bond acceptors (Lipinski definition) is 3. The number of rotatable bonds is 4. The highest BCUT2D eigenvalue weighted by Crippen LogP contribution is 2.25. The van der Waals surface area contributed by atoms with Gasteiger partial charge in [0.15, 0.2) is 5.96 Å². The number of hydrogen-bond donors (Lipinski definition) is 2. The Balaban J connectivity index is 0.00000264. The lowest BCUT2D eigenvalue weighted by Gasteiger charge is -2.20. The van der Waals surface area contributed by atoms with Crippen molar-refractivity contribution >= 4 is 52.9 Å². The molecule has 1 aromatic heterocycles. The summed E-state index contributed by atoms with van der Waals surface area (Å²) in [7, 11) is 0. The van der Waals surface area contributed by atoms with Gasteiger partial charge in [0.25, 0.3) is 0 Å². The van der Waals surface area contributed by atoms with Crippen LogP contribution in [0.25, 0.3) is 10.6 Å². The Labute approximate surface area is 163 Å². The molecule has 1 heterocycles. The summed E-state index contributed by atoms with van der Waals surface area (Å²) in [5.41, 5.74) is 7.88. The van der Waals surface area contributed by atoms with Crippen LogP contribution in [-0.2, 0) is 6.42 Å². The van der Waals surface area contributed by atoms with Gasteiger partial charge in [0.2, 0.25) is 0 Å². The number of nitrogens with zero attached hydrogens (tertiary/aromatic N) is 2. The van der Waals surface area contributed by atoms with Crippen molar-refractivity contribution in [1.29, 1.82) is 0 Å². The van der Waals surface area contributed by atoms with Crippen LogP contribution in [0.4, 0.5) is 0 Å². The van der Waals surface area contributed by atoms with Crippen LogP contribution in [0.2, 0.25) is 5.02 Å². The van der Waals surface area contributed by atoms with Crippen molar-refractivity contribution in [3.63, 3.8) is 0 Å². The van der Waals surface area contributed by atoms with Crippen LogP contribution in [0.15, 0.2) is 34.6 Å². The summed E-state index contributed by atoms with van der Waals surface area (Å²) in [5.74, 6) is 0.473. The number of aliphatic imine (C=N–C) groups is 1. The fraction of sp³-hybridized carbons (Fsp3) is 0.375. The molecule has 2 aromatic rings.